The van der Waals surface area contributed by atoms with E-state index in [9.17, 15) is 4.79 Å². The third-order valence-corrected chi connectivity index (χ3v) is 3.12. The molecule has 0 heterocycles. The number of rotatable bonds is 4. The van der Waals surface area contributed by atoms with Crippen molar-refractivity contribution in [2.75, 3.05) is 5.32 Å². The minimum Gasteiger partial charge on any atom is -0.444 e. The first-order valence-electron chi connectivity index (χ1n) is 7.55. The van der Waals surface area contributed by atoms with Crippen LogP contribution in [0.3, 0.4) is 0 Å². The first kappa shape index (κ1) is 16.1. The van der Waals surface area contributed by atoms with E-state index in [0.29, 0.717) is 0 Å². The molecule has 1 N–H and O–H groups in total. The highest BCUT2D eigenvalue weighted by Gasteiger charge is 2.16. The Hall–Kier alpha value is -2.29. The van der Waals surface area contributed by atoms with Gasteiger partial charge in [0.2, 0.25) is 0 Å². The van der Waals surface area contributed by atoms with E-state index in [1.807, 2.05) is 45.0 Å². The quantitative estimate of drug-likeness (QED) is 0.878. The Morgan fingerprint density at radius 3 is 2.27 bits per heavy atom. The molecule has 2 rings (SSSR count). The molecular formula is C19H23NO2. The van der Waals surface area contributed by atoms with Gasteiger partial charge in [0.25, 0.3) is 0 Å². The summed E-state index contributed by atoms with van der Waals surface area (Å²) in [5.74, 6) is 0. The van der Waals surface area contributed by atoms with E-state index >= 15 is 0 Å². The number of hydrogen-bond acceptors (Lipinski definition) is 2. The molecule has 116 valence electrons. The van der Waals surface area contributed by atoms with Gasteiger partial charge in [-0.25, -0.2) is 4.79 Å². The SMILES string of the molecule is CC(C)(C)OC(=O)Nc1cccc(CCc2ccccc2)c1. The van der Waals surface area contributed by atoms with E-state index in [2.05, 4.69) is 35.6 Å². The van der Waals surface area contributed by atoms with Crippen LogP contribution in [0.4, 0.5) is 10.5 Å². The van der Waals surface area contributed by atoms with E-state index in [4.69, 9.17) is 4.74 Å². The van der Waals surface area contributed by atoms with Crippen molar-refractivity contribution < 1.29 is 9.53 Å². The summed E-state index contributed by atoms with van der Waals surface area (Å²) in [4.78, 5) is 11.8. The van der Waals surface area contributed by atoms with Gasteiger partial charge in [0, 0.05) is 5.69 Å². The Kier molecular flexibility index (Phi) is 5.21. The van der Waals surface area contributed by atoms with Crippen molar-refractivity contribution in [1.29, 1.82) is 0 Å². The van der Waals surface area contributed by atoms with Crippen molar-refractivity contribution in [3.05, 3.63) is 65.7 Å². The smallest absolute Gasteiger partial charge is 0.412 e. The van der Waals surface area contributed by atoms with Crippen LogP contribution >= 0.6 is 0 Å². The maximum absolute atomic E-state index is 11.8. The molecule has 0 unspecified atom stereocenters. The van der Waals surface area contributed by atoms with Gasteiger partial charge in [-0.15, -0.1) is 0 Å². The van der Waals surface area contributed by atoms with Crippen molar-refractivity contribution >= 4 is 11.8 Å². The highest BCUT2D eigenvalue weighted by Crippen LogP contribution is 2.15. The molecular weight excluding hydrogens is 274 g/mol. The molecule has 3 nitrogen and oxygen atoms in total. The predicted octanol–water partition coefficient (Wildman–Crippen LogP) is 4.82. The number of nitrogens with one attached hydrogen (secondary N) is 1. The number of anilines is 1. The molecule has 0 fully saturated rings. The maximum Gasteiger partial charge on any atom is 0.412 e. The molecule has 2 aromatic rings. The summed E-state index contributed by atoms with van der Waals surface area (Å²) in [5, 5.41) is 2.78. The van der Waals surface area contributed by atoms with Crippen LogP contribution in [0.25, 0.3) is 0 Å². The molecule has 0 saturated heterocycles. The third kappa shape index (κ3) is 5.60. The summed E-state index contributed by atoms with van der Waals surface area (Å²) in [7, 11) is 0. The van der Waals surface area contributed by atoms with E-state index in [0.717, 1.165) is 18.5 Å². The van der Waals surface area contributed by atoms with Crippen LogP contribution in [0, 0.1) is 0 Å². The summed E-state index contributed by atoms with van der Waals surface area (Å²) in [6.45, 7) is 5.55. The Morgan fingerprint density at radius 1 is 0.955 bits per heavy atom. The molecule has 22 heavy (non-hydrogen) atoms. The van der Waals surface area contributed by atoms with E-state index < -0.39 is 11.7 Å². The molecule has 0 radical (unpaired) electrons. The molecule has 0 bridgehead atoms. The Bertz CT molecular complexity index is 615. The molecule has 1 amide bonds. The average molecular weight is 297 g/mol. The summed E-state index contributed by atoms with van der Waals surface area (Å²) in [5.41, 5.74) is 2.78. The molecule has 0 aliphatic carbocycles. The summed E-state index contributed by atoms with van der Waals surface area (Å²) >= 11 is 0. The van der Waals surface area contributed by atoms with Gasteiger partial charge in [0.15, 0.2) is 0 Å². The van der Waals surface area contributed by atoms with Gasteiger partial charge in [0.1, 0.15) is 5.60 Å². The zero-order valence-electron chi connectivity index (χ0n) is 13.4. The van der Waals surface area contributed by atoms with Gasteiger partial charge >= 0.3 is 6.09 Å². The maximum atomic E-state index is 11.8. The summed E-state index contributed by atoms with van der Waals surface area (Å²) < 4.78 is 5.26. The fourth-order valence-electron chi connectivity index (χ4n) is 2.16. The second kappa shape index (κ2) is 7.12. The van der Waals surface area contributed by atoms with Crippen molar-refractivity contribution in [2.45, 2.75) is 39.2 Å². The molecule has 0 atom stereocenters. The molecule has 2 aromatic carbocycles. The zero-order chi connectivity index (χ0) is 16.0. The molecule has 0 aromatic heterocycles. The molecule has 3 heteroatoms. The number of benzene rings is 2. The van der Waals surface area contributed by atoms with Gasteiger partial charge in [-0.05, 0) is 56.9 Å². The van der Waals surface area contributed by atoms with Crippen molar-refractivity contribution in [1.82, 2.24) is 0 Å². The van der Waals surface area contributed by atoms with Crippen molar-refractivity contribution in [2.24, 2.45) is 0 Å². The Morgan fingerprint density at radius 2 is 1.59 bits per heavy atom. The van der Waals surface area contributed by atoms with E-state index in [1.165, 1.54) is 11.1 Å². The lowest BCUT2D eigenvalue weighted by Crippen LogP contribution is -2.27. The second-order valence-electron chi connectivity index (χ2n) is 6.31. The second-order valence-corrected chi connectivity index (χ2v) is 6.31. The van der Waals surface area contributed by atoms with Crippen LogP contribution in [0.1, 0.15) is 31.9 Å². The lowest BCUT2D eigenvalue weighted by Gasteiger charge is -2.19. The Labute approximate surface area is 132 Å². The lowest BCUT2D eigenvalue weighted by atomic mass is 10.0. The number of aryl methyl sites for hydroxylation is 2. The fraction of sp³-hybridized carbons (Fsp3) is 0.316. The van der Waals surface area contributed by atoms with Gasteiger partial charge < -0.3 is 4.74 Å². The molecule has 0 aliphatic rings. The standard InChI is InChI=1S/C19H23NO2/c1-19(2,3)22-18(21)20-17-11-7-10-16(14-17)13-12-15-8-5-4-6-9-15/h4-11,14H,12-13H2,1-3H3,(H,20,21). The van der Waals surface area contributed by atoms with Gasteiger partial charge in [-0.3, -0.25) is 5.32 Å². The van der Waals surface area contributed by atoms with Gasteiger partial charge in [0.05, 0.1) is 0 Å². The minimum absolute atomic E-state index is 0.423. The van der Waals surface area contributed by atoms with Gasteiger partial charge in [-0.2, -0.15) is 0 Å². The number of hydrogen-bond donors (Lipinski definition) is 1. The highest BCUT2D eigenvalue weighted by molar-refractivity contribution is 5.84. The lowest BCUT2D eigenvalue weighted by molar-refractivity contribution is 0.0636. The van der Waals surface area contributed by atoms with Crippen molar-refractivity contribution in [3.63, 3.8) is 0 Å². The Balaban J connectivity index is 1.94. The normalized spacial score (nSPS) is 11.0. The summed E-state index contributed by atoms with van der Waals surface area (Å²) in [6.07, 6.45) is 1.50. The predicted molar refractivity (Wildman–Crippen MR) is 90.1 cm³/mol. The highest BCUT2D eigenvalue weighted by atomic mass is 16.6. The monoisotopic (exact) mass is 297 g/mol. The topological polar surface area (TPSA) is 38.3 Å². The van der Waals surface area contributed by atoms with E-state index in [1.54, 1.807) is 0 Å². The number of carbonyl (C=O) groups is 1. The van der Waals surface area contributed by atoms with Crippen LogP contribution in [0.2, 0.25) is 0 Å². The van der Waals surface area contributed by atoms with Crippen LogP contribution < -0.4 is 5.32 Å². The van der Waals surface area contributed by atoms with Crippen LogP contribution in [-0.4, -0.2) is 11.7 Å². The minimum atomic E-state index is -0.491. The number of amides is 1. The largest absolute Gasteiger partial charge is 0.444 e. The third-order valence-electron chi connectivity index (χ3n) is 3.12. The van der Waals surface area contributed by atoms with Crippen LogP contribution in [-0.2, 0) is 17.6 Å². The first-order valence-corrected chi connectivity index (χ1v) is 7.55. The zero-order valence-corrected chi connectivity index (χ0v) is 13.4. The molecule has 0 spiro atoms. The fourth-order valence-corrected chi connectivity index (χ4v) is 2.16. The van der Waals surface area contributed by atoms with Crippen LogP contribution in [0.5, 0.6) is 0 Å². The van der Waals surface area contributed by atoms with E-state index in [-0.39, 0.29) is 0 Å². The molecule has 0 saturated carbocycles. The average Bonchev–Trinajstić information content (AvgIpc) is 2.44. The molecule has 0 aliphatic heterocycles. The summed E-state index contributed by atoms with van der Waals surface area (Å²) in [6, 6.07) is 18.3. The van der Waals surface area contributed by atoms with Crippen LogP contribution in [0.15, 0.2) is 54.6 Å². The number of ether oxygens (including phenoxy) is 1. The number of carbonyl (C=O) groups excluding carboxylic acids is 1. The van der Waals surface area contributed by atoms with Gasteiger partial charge in [-0.1, -0.05) is 42.5 Å². The van der Waals surface area contributed by atoms with Crippen molar-refractivity contribution in [3.8, 4) is 0 Å². The first-order chi connectivity index (χ1) is 10.4.